The van der Waals surface area contributed by atoms with Crippen molar-refractivity contribution in [2.24, 2.45) is 17.8 Å². The summed E-state index contributed by atoms with van der Waals surface area (Å²) >= 11 is 0. The fourth-order valence-corrected chi connectivity index (χ4v) is 3.51. The fraction of sp³-hybridized carbons (Fsp3) is 0.923. The number of ether oxygens (including phenoxy) is 1. The van der Waals surface area contributed by atoms with Gasteiger partial charge in [-0.15, -0.1) is 0 Å². The highest BCUT2D eigenvalue weighted by Gasteiger charge is 2.40. The third kappa shape index (κ3) is 2.24. The van der Waals surface area contributed by atoms with Gasteiger partial charge in [0, 0.05) is 6.54 Å². The van der Waals surface area contributed by atoms with E-state index in [4.69, 9.17) is 4.74 Å². The number of hydrogen-bond acceptors (Lipinski definition) is 3. The van der Waals surface area contributed by atoms with E-state index in [-0.39, 0.29) is 11.9 Å². The van der Waals surface area contributed by atoms with E-state index in [2.05, 4.69) is 11.8 Å². The highest BCUT2D eigenvalue weighted by atomic mass is 16.5. The van der Waals surface area contributed by atoms with Crippen molar-refractivity contribution >= 4 is 5.97 Å². The monoisotopic (exact) mass is 225 g/mol. The van der Waals surface area contributed by atoms with Crippen LogP contribution in [0.2, 0.25) is 0 Å². The standard InChI is InChI=1S/C13H23NO2/c1-3-14-8-7-11-10(9-14)5-4-6-12(11)13(15)16-2/h10-12H,3-9H2,1-2H3/t10-,11+,12-/m0/s1. The van der Waals surface area contributed by atoms with Crippen LogP contribution in [0.1, 0.15) is 32.6 Å². The first-order valence-electron chi connectivity index (χ1n) is 6.56. The molecule has 0 unspecified atom stereocenters. The van der Waals surface area contributed by atoms with Gasteiger partial charge in [-0.05, 0) is 44.2 Å². The lowest BCUT2D eigenvalue weighted by Gasteiger charge is -2.44. The Balaban J connectivity index is 2.01. The van der Waals surface area contributed by atoms with Gasteiger partial charge >= 0.3 is 5.97 Å². The Hall–Kier alpha value is -0.570. The average molecular weight is 225 g/mol. The normalized spacial score (nSPS) is 35.5. The predicted molar refractivity (Wildman–Crippen MR) is 63.1 cm³/mol. The van der Waals surface area contributed by atoms with E-state index in [0.29, 0.717) is 5.92 Å². The molecule has 3 atom stereocenters. The number of likely N-dealkylation sites (tertiary alicyclic amines) is 1. The number of carbonyl (C=O) groups is 1. The summed E-state index contributed by atoms with van der Waals surface area (Å²) in [5, 5.41) is 0. The summed E-state index contributed by atoms with van der Waals surface area (Å²) in [5.41, 5.74) is 0. The van der Waals surface area contributed by atoms with Crippen LogP contribution in [0, 0.1) is 17.8 Å². The minimum Gasteiger partial charge on any atom is -0.469 e. The van der Waals surface area contributed by atoms with Crippen LogP contribution in [-0.4, -0.2) is 37.6 Å². The van der Waals surface area contributed by atoms with E-state index in [1.165, 1.54) is 32.9 Å². The molecule has 0 aromatic rings. The van der Waals surface area contributed by atoms with Crippen molar-refractivity contribution in [3.8, 4) is 0 Å². The van der Waals surface area contributed by atoms with Crippen molar-refractivity contribution in [1.29, 1.82) is 0 Å². The molecule has 1 heterocycles. The van der Waals surface area contributed by atoms with Gasteiger partial charge in [-0.2, -0.15) is 0 Å². The van der Waals surface area contributed by atoms with Crippen LogP contribution in [0.3, 0.4) is 0 Å². The van der Waals surface area contributed by atoms with Crippen molar-refractivity contribution in [1.82, 2.24) is 4.90 Å². The fourth-order valence-electron chi connectivity index (χ4n) is 3.51. The van der Waals surface area contributed by atoms with Crippen LogP contribution < -0.4 is 0 Å². The molecule has 3 heteroatoms. The highest BCUT2D eigenvalue weighted by Crippen LogP contribution is 2.40. The lowest BCUT2D eigenvalue weighted by molar-refractivity contribution is -0.151. The maximum absolute atomic E-state index is 11.7. The van der Waals surface area contributed by atoms with Gasteiger partial charge in [0.05, 0.1) is 13.0 Å². The SMILES string of the molecule is CCN1CC[C@@H]2[C@@H](CCC[C@@H]2C(=O)OC)C1. The Bertz CT molecular complexity index is 254. The zero-order valence-electron chi connectivity index (χ0n) is 10.4. The van der Waals surface area contributed by atoms with Crippen LogP contribution in [0.5, 0.6) is 0 Å². The molecule has 0 aromatic heterocycles. The summed E-state index contributed by atoms with van der Waals surface area (Å²) in [5.74, 6) is 1.53. The summed E-state index contributed by atoms with van der Waals surface area (Å²) in [6, 6.07) is 0. The van der Waals surface area contributed by atoms with Crippen LogP contribution >= 0.6 is 0 Å². The van der Waals surface area contributed by atoms with Gasteiger partial charge < -0.3 is 9.64 Å². The Labute approximate surface area is 98.1 Å². The highest BCUT2D eigenvalue weighted by molar-refractivity contribution is 5.72. The second-order valence-electron chi connectivity index (χ2n) is 5.17. The van der Waals surface area contributed by atoms with E-state index in [1.54, 1.807) is 0 Å². The number of rotatable bonds is 2. The number of nitrogens with zero attached hydrogens (tertiary/aromatic N) is 1. The largest absolute Gasteiger partial charge is 0.469 e. The lowest BCUT2D eigenvalue weighted by Crippen LogP contribution is -2.46. The summed E-state index contributed by atoms with van der Waals surface area (Å²) in [7, 11) is 1.52. The second-order valence-corrected chi connectivity index (χ2v) is 5.17. The topological polar surface area (TPSA) is 29.5 Å². The molecule has 16 heavy (non-hydrogen) atoms. The lowest BCUT2D eigenvalue weighted by atomic mass is 9.68. The van der Waals surface area contributed by atoms with Crippen molar-refractivity contribution in [3.63, 3.8) is 0 Å². The van der Waals surface area contributed by atoms with Crippen molar-refractivity contribution in [2.45, 2.75) is 32.6 Å². The van der Waals surface area contributed by atoms with Gasteiger partial charge in [-0.25, -0.2) is 0 Å². The third-order valence-electron chi connectivity index (χ3n) is 4.43. The quantitative estimate of drug-likeness (QED) is 0.672. The molecule has 2 aliphatic rings. The molecule has 0 radical (unpaired) electrons. The molecule has 0 amide bonds. The molecule has 0 N–H and O–H groups in total. The molecule has 2 rings (SSSR count). The molecule has 1 aliphatic heterocycles. The molecule has 0 aromatic carbocycles. The maximum atomic E-state index is 11.7. The average Bonchev–Trinajstić information content (AvgIpc) is 2.36. The number of piperidine rings is 1. The van der Waals surface area contributed by atoms with Gasteiger partial charge in [0.25, 0.3) is 0 Å². The van der Waals surface area contributed by atoms with Gasteiger partial charge in [0.2, 0.25) is 0 Å². The number of hydrogen-bond donors (Lipinski definition) is 0. The molecule has 1 saturated heterocycles. The van der Waals surface area contributed by atoms with Crippen molar-refractivity contribution in [2.75, 3.05) is 26.7 Å². The second kappa shape index (κ2) is 5.17. The first-order chi connectivity index (χ1) is 7.76. The Morgan fingerprint density at radius 3 is 2.88 bits per heavy atom. The smallest absolute Gasteiger partial charge is 0.308 e. The molecule has 3 nitrogen and oxygen atoms in total. The minimum absolute atomic E-state index is 0.0275. The van der Waals surface area contributed by atoms with E-state index in [9.17, 15) is 4.79 Å². The third-order valence-corrected chi connectivity index (χ3v) is 4.43. The summed E-state index contributed by atoms with van der Waals surface area (Å²) in [6.07, 6.45) is 4.71. The summed E-state index contributed by atoms with van der Waals surface area (Å²) < 4.78 is 4.94. The molecule has 92 valence electrons. The van der Waals surface area contributed by atoms with E-state index < -0.39 is 0 Å². The predicted octanol–water partition coefficient (Wildman–Crippen LogP) is 1.92. The Morgan fingerprint density at radius 2 is 2.19 bits per heavy atom. The van der Waals surface area contributed by atoms with E-state index >= 15 is 0 Å². The Kier molecular flexibility index (Phi) is 3.85. The van der Waals surface area contributed by atoms with Gasteiger partial charge in [0.15, 0.2) is 0 Å². The zero-order chi connectivity index (χ0) is 11.5. The van der Waals surface area contributed by atoms with Crippen LogP contribution in [0.15, 0.2) is 0 Å². The first kappa shape index (κ1) is 11.9. The van der Waals surface area contributed by atoms with Crippen LogP contribution in [-0.2, 0) is 9.53 Å². The van der Waals surface area contributed by atoms with Crippen molar-refractivity contribution < 1.29 is 9.53 Å². The number of fused-ring (bicyclic) bond motifs is 1. The molecule has 0 bridgehead atoms. The van der Waals surface area contributed by atoms with Crippen molar-refractivity contribution in [3.05, 3.63) is 0 Å². The molecule has 2 fully saturated rings. The molecule has 0 spiro atoms. The minimum atomic E-state index is 0.0275. The van der Waals surface area contributed by atoms with E-state index in [1.807, 2.05) is 0 Å². The van der Waals surface area contributed by atoms with E-state index in [0.717, 1.165) is 25.4 Å². The molecular weight excluding hydrogens is 202 g/mol. The van der Waals surface area contributed by atoms with Crippen LogP contribution in [0.4, 0.5) is 0 Å². The number of carbonyl (C=O) groups excluding carboxylic acids is 1. The van der Waals surface area contributed by atoms with Gasteiger partial charge in [-0.1, -0.05) is 13.3 Å². The molecule has 1 saturated carbocycles. The van der Waals surface area contributed by atoms with Gasteiger partial charge in [0.1, 0.15) is 0 Å². The molecular formula is C13H23NO2. The maximum Gasteiger partial charge on any atom is 0.308 e. The first-order valence-corrected chi connectivity index (χ1v) is 6.56. The Morgan fingerprint density at radius 1 is 1.38 bits per heavy atom. The zero-order valence-corrected chi connectivity index (χ0v) is 10.4. The molecule has 1 aliphatic carbocycles. The van der Waals surface area contributed by atoms with Crippen LogP contribution in [0.25, 0.3) is 0 Å². The number of methoxy groups -OCH3 is 1. The van der Waals surface area contributed by atoms with Gasteiger partial charge in [-0.3, -0.25) is 4.79 Å². The number of esters is 1. The summed E-state index contributed by atoms with van der Waals surface area (Å²) in [6.45, 7) is 5.72. The summed E-state index contributed by atoms with van der Waals surface area (Å²) in [4.78, 5) is 14.3.